The maximum atomic E-state index is 5.37. The van der Waals surface area contributed by atoms with Gasteiger partial charge in [-0.2, -0.15) is 19.6 Å². The van der Waals surface area contributed by atoms with Crippen LogP contribution in [0.4, 0.5) is 11.9 Å². The molecule has 0 amide bonds. The summed E-state index contributed by atoms with van der Waals surface area (Å²) in [5.41, 5.74) is 3.06. The minimum Gasteiger partial charge on any atom is -0.497 e. The second-order valence-electron chi connectivity index (χ2n) is 8.19. The lowest BCUT2D eigenvalue weighted by atomic mass is 10.1. The molecule has 1 fully saturated rings. The molecule has 8 nitrogen and oxygen atoms in total. The van der Waals surface area contributed by atoms with Crippen molar-refractivity contribution in [2.75, 3.05) is 30.8 Å². The fraction of sp³-hybridized carbons (Fsp3) is 0.500. The smallest absolute Gasteiger partial charge is 0.229 e. The summed E-state index contributed by atoms with van der Waals surface area (Å²) < 4.78 is 7.17. The number of hydrogen-bond acceptors (Lipinski definition) is 7. The van der Waals surface area contributed by atoms with Crippen LogP contribution in [0, 0.1) is 0 Å². The lowest BCUT2D eigenvalue weighted by Gasteiger charge is -2.24. The van der Waals surface area contributed by atoms with Gasteiger partial charge < -0.3 is 20.7 Å². The van der Waals surface area contributed by atoms with E-state index < -0.39 is 0 Å². The Labute approximate surface area is 177 Å². The third-order valence-electron chi connectivity index (χ3n) is 5.59. The maximum absolute atomic E-state index is 5.37. The van der Waals surface area contributed by atoms with E-state index in [1.54, 1.807) is 11.6 Å². The zero-order valence-electron chi connectivity index (χ0n) is 18.1. The quantitative estimate of drug-likeness (QED) is 0.549. The standard InChI is InChI=1S/C22H31N7O/c1-14(2)19-13-24-29-20(19)27-21(26-17-8-6-10-23-12-17)28-22(29)25-15(3)16-7-5-9-18(11-16)30-4/h5,7,9,11,13-15,17,23H,6,8,10,12H2,1-4H3,(H2,25,26,27,28). The summed E-state index contributed by atoms with van der Waals surface area (Å²) in [5, 5.41) is 15.0. The first-order valence-corrected chi connectivity index (χ1v) is 10.7. The van der Waals surface area contributed by atoms with E-state index in [4.69, 9.17) is 14.7 Å². The van der Waals surface area contributed by atoms with E-state index in [1.165, 1.54) is 0 Å². The van der Waals surface area contributed by atoms with Crippen LogP contribution in [0.1, 0.15) is 56.7 Å². The lowest BCUT2D eigenvalue weighted by molar-refractivity contribution is 0.414. The number of rotatable bonds is 7. The van der Waals surface area contributed by atoms with E-state index in [-0.39, 0.29) is 6.04 Å². The van der Waals surface area contributed by atoms with Crippen molar-refractivity contribution in [1.29, 1.82) is 0 Å². The van der Waals surface area contributed by atoms with Gasteiger partial charge in [0.25, 0.3) is 0 Å². The minimum absolute atomic E-state index is 0.0223. The molecule has 0 radical (unpaired) electrons. The summed E-state index contributed by atoms with van der Waals surface area (Å²) in [6, 6.07) is 8.40. The molecule has 0 saturated carbocycles. The Morgan fingerprint density at radius 1 is 1.23 bits per heavy atom. The summed E-state index contributed by atoms with van der Waals surface area (Å²) >= 11 is 0. The molecule has 0 aliphatic carbocycles. The van der Waals surface area contributed by atoms with Gasteiger partial charge in [-0.3, -0.25) is 0 Å². The van der Waals surface area contributed by atoms with Crippen molar-refractivity contribution in [1.82, 2.24) is 24.9 Å². The average Bonchev–Trinajstić information content (AvgIpc) is 3.19. The van der Waals surface area contributed by atoms with E-state index in [1.807, 2.05) is 24.4 Å². The van der Waals surface area contributed by atoms with Gasteiger partial charge in [-0.1, -0.05) is 26.0 Å². The SMILES string of the molecule is COc1cccc(C(C)Nc2nc(NC3CCCNC3)nc3c(C(C)C)cnn23)c1. The average molecular weight is 410 g/mol. The third kappa shape index (κ3) is 4.33. The van der Waals surface area contributed by atoms with Gasteiger partial charge in [0.1, 0.15) is 5.75 Å². The van der Waals surface area contributed by atoms with Crippen LogP contribution in [-0.4, -0.2) is 45.8 Å². The van der Waals surface area contributed by atoms with Crippen LogP contribution in [0.15, 0.2) is 30.5 Å². The number of ether oxygens (including phenoxy) is 1. The third-order valence-corrected chi connectivity index (χ3v) is 5.59. The van der Waals surface area contributed by atoms with E-state index in [2.05, 4.69) is 47.9 Å². The van der Waals surface area contributed by atoms with Crippen LogP contribution in [-0.2, 0) is 0 Å². The molecule has 2 aromatic heterocycles. The first-order chi connectivity index (χ1) is 14.5. The number of fused-ring (bicyclic) bond motifs is 1. The van der Waals surface area contributed by atoms with Crippen molar-refractivity contribution in [2.45, 2.75) is 51.6 Å². The topological polar surface area (TPSA) is 88.4 Å². The van der Waals surface area contributed by atoms with Crippen molar-refractivity contribution in [3.63, 3.8) is 0 Å². The first kappa shape index (κ1) is 20.4. The Balaban J connectivity index is 1.67. The molecule has 160 valence electrons. The van der Waals surface area contributed by atoms with Gasteiger partial charge in [0.05, 0.1) is 19.3 Å². The molecule has 1 aromatic carbocycles. The van der Waals surface area contributed by atoms with Crippen molar-refractivity contribution in [3.8, 4) is 5.75 Å². The minimum atomic E-state index is 0.0223. The van der Waals surface area contributed by atoms with Crippen LogP contribution < -0.4 is 20.7 Å². The van der Waals surface area contributed by atoms with Gasteiger partial charge >= 0.3 is 0 Å². The zero-order valence-corrected chi connectivity index (χ0v) is 18.1. The highest BCUT2D eigenvalue weighted by molar-refractivity contribution is 5.56. The van der Waals surface area contributed by atoms with Gasteiger partial charge in [-0.05, 0) is 49.9 Å². The molecular formula is C22H31N7O. The molecule has 2 atom stereocenters. The second kappa shape index (κ2) is 8.87. The Morgan fingerprint density at radius 3 is 2.83 bits per heavy atom. The first-order valence-electron chi connectivity index (χ1n) is 10.7. The molecule has 3 aromatic rings. The van der Waals surface area contributed by atoms with E-state index >= 15 is 0 Å². The number of nitrogens with one attached hydrogen (secondary N) is 3. The van der Waals surface area contributed by atoms with Crippen LogP contribution in [0.3, 0.4) is 0 Å². The van der Waals surface area contributed by atoms with Gasteiger partial charge in [0, 0.05) is 18.2 Å². The lowest BCUT2D eigenvalue weighted by Crippen LogP contribution is -2.39. The second-order valence-corrected chi connectivity index (χ2v) is 8.19. The van der Waals surface area contributed by atoms with E-state index in [0.717, 1.165) is 48.5 Å². The van der Waals surface area contributed by atoms with Crippen LogP contribution in [0.5, 0.6) is 5.75 Å². The Kier molecular flexibility index (Phi) is 6.03. The number of piperidine rings is 1. The van der Waals surface area contributed by atoms with Gasteiger partial charge in [-0.25, -0.2) is 0 Å². The highest BCUT2D eigenvalue weighted by atomic mass is 16.5. The van der Waals surface area contributed by atoms with Gasteiger partial charge in [0.2, 0.25) is 11.9 Å². The molecule has 4 rings (SSSR count). The maximum Gasteiger partial charge on any atom is 0.229 e. The van der Waals surface area contributed by atoms with E-state index in [0.29, 0.717) is 23.9 Å². The van der Waals surface area contributed by atoms with Crippen molar-refractivity contribution >= 4 is 17.5 Å². The van der Waals surface area contributed by atoms with Crippen LogP contribution >= 0.6 is 0 Å². The summed E-state index contributed by atoms with van der Waals surface area (Å²) in [5.74, 6) is 2.47. The fourth-order valence-corrected chi connectivity index (χ4v) is 3.81. The highest BCUT2D eigenvalue weighted by Gasteiger charge is 2.19. The summed E-state index contributed by atoms with van der Waals surface area (Å²) in [4.78, 5) is 9.59. The zero-order chi connectivity index (χ0) is 21.1. The summed E-state index contributed by atoms with van der Waals surface area (Å²) in [6.45, 7) is 8.41. The molecule has 0 bridgehead atoms. The van der Waals surface area contributed by atoms with E-state index in [9.17, 15) is 0 Å². The molecule has 3 N–H and O–H groups in total. The van der Waals surface area contributed by atoms with Crippen molar-refractivity contribution < 1.29 is 4.74 Å². The number of hydrogen-bond donors (Lipinski definition) is 3. The molecule has 1 saturated heterocycles. The number of methoxy groups -OCH3 is 1. The molecule has 30 heavy (non-hydrogen) atoms. The highest BCUT2D eigenvalue weighted by Crippen LogP contribution is 2.26. The normalized spacial score (nSPS) is 17.8. The summed E-state index contributed by atoms with van der Waals surface area (Å²) in [6.07, 6.45) is 4.16. The summed E-state index contributed by atoms with van der Waals surface area (Å²) in [7, 11) is 1.68. The number of anilines is 2. The predicted octanol–water partition coefficient (Wildman–Crippen LogP) is 3.59. The molecule has 3 heterocycles. The van der Waals surface area contributed by atoms with Crippen LogP contribution in [0.2, 0.25) is 0 Å². The van der Waals surface area contributed by atoms with Gasteiger partial charge in [-0.15, -0.1) is 0 Å². The molecule has 8 heteroatoms. The Morgan fingerprint density at radius 2 is 2.10 bits per heavy atom. The predicted molar refractivity (Wildman–Crippen MR) is 119 cm³/mol. The fourth-order valence-electron chi connectivity index (χ4n) is 3.81. The Bertz CT molecular complexity index is 994. The number of benzene rings is 1. The van der Waals surface area contributed by atoms with Crippen molar-refractivity contribution in [2.24, 2.45) is 0 Å². The van der Waals surface area contributed by atoms with Crippen molar-refractivity contribution in [3.05, 3.63) is 41.6 Å². The molecule has 2 unspecified atom stereocenters. The molecule has 1 aliphatic rings. The largest absolute Gasteiger partial charge is 0.497 e. The molecular weight excluding hydrogens is 378 g/mol. The monoisotopic (exact) mass is 409 g/mol. The Hall–Kier alpha value is -2.87. The number of nitrogens with zero attached hydrogens (tertiary/aromatic N) is 4. The molecule has 1 aliphatic heterocycles. The molecule has 0 spiro atoms. The number of aromatic nitrogens is 4. The van der Waals surface area contributed by atoms with Gasteiger partial charge in [0.15, 0.2) is 5.65 Å². The van der Waals surface area contributed by atoms with Crippen LogP contribution in [0.25, 0.3) is 5.65 Å².